The van der Waals surface area contributed by atoms with Gasteiger partial charge in [-0.25, -0.2) is 0 Å². The first kappa shape index (κ1) is 15.2. The van der Waals surface area contributed by atoms with Crippen molar-refractivity contribution in [3.63, 3.8) is 0 Å². The summed E-state index contributed by atoms with van der Waals surface area (Å²) in [6.45, 7) is 0.585. The molecular formula is C13H15F2NO3. The highest BCUT2D eigenvalue weighted by atomic mass is 19.3. The average molecular weight is 271 g/mol. The van der Waals surface area contributed by atoms with E-state index in [1.807, 2.05) is 6.07 Å². The van der Waals surface area contributed by atoms with Gasteiger partial charge in [0.2, 0.25) is 0 Å². The van der Waals surface area contributed by atoms with Gasteiger partial charge in [-0.2, -0.15) is 14.0 Å². The lowest BCUT2D eigenvalue weighted by Gasteiger charge is -2.16. The van der Waals surface area contributed by atoms with Crippen LogP contribution >= 0.6 is 0 Å². The van der Waals surface area contributed by atoms with Gasteiger partial charge in [-0.15, -0.1) is 0 Å². The molecule has 0 saturated carbocycles. The van der Waals surface area contributed by atoms with Crippen LogP contribution in [0.2, 0.25) is 0 Å². The molecule has 0 aliphatic heterocycles. The van der Waals surface area contributed by atoms with Crippen LogP contribution < -0.4 is 9.47 Å². The number of rotatable bonds is 6. The van der Waals surface area contributed by atoms with Gasteiger partial charge in [0.25, 0.3) is 0 Å². The van der Waals surface area contributed by atoms with Crippen LogP contribution in [0.15, 0.2) is 18.2 Å². The van der Waals surface area contributed by atoms with E-state index in [1.54, 1.807) is 13.8 Å². The monoisotopic (exact) mass is 271 g/mol. The molecule has 1 aromatic rings. The highest BCUT2D eigenvalue weighted by Gasteiger charge is 2.19. The van der Waals surface area contributed by atoms with Gasteiger partial charge in [-0.1, -0.05) is 6.07 Å². The Hall–Kier alpha value is -1.87. The molecule has 0 bridgehead atoms. The zero-order chi connectivity index (χ0) is 14.4. The SMILES string of the molecule is CCOc1cc(C(O)C(C)C#N)ccc1OC(F)F. The summed E-state index contributed by atoms with van der Waals surface area (Å²) in [7, 11) is 0. The molecule has 0 radical (unpaired) electrons. The van der Waals surface area contributed by atoms with E-state index in [2.05, 4.69) is 4.74 Å². The van der Waals surface area contributed by atoms with Crippen LogP contribution in [0.1, 0.15) is 25.5 Å². The predicted octanol–water partition coefficient (Wildman–Crippen LogP) is 2.88. The molecule has 2 atom stereocenters. The third kappa shape index (κ3) is 4.07. The highest BCUT2D eigenvalue weighted by Crippen LogP contribution is 2.33. The Balaban J connectivity index is 3.05. The fourth-order valence-corrected chi connectivity index (χ4v) is 1.53. The summed E-state index contributed by atoms with van der Waals surface area (Å²) in [5.74, 6) is -0.599. The number of benzene rings is 1. The van der Waals surface area contributed by atoms with Gasteiger partial charge < -0.3 is 14.6 Å². The van der Waals surface area contributed by atoms with Crippen LogP contribution in [0.4, 0.5) is 8.78 Å². The summed E-state index contributed by atoms with van der Waals surface area (Å²) in [4.78, 5) is 0. The Morgan fingerprint density at radius 1 is 1.37 bits per heavy atom. The van der Waals surface area contributed by atoms with Gasteiger partial charge in [0, 0.05) is 0 Å². The maximum absolute atomic E-state index is 12.2. The maximum Gasteiger partial charge on any atom is 0.387 e. The molecule has 104 valence electrons. The Labute approximate surface area is 110 Å². The lowest BCUT2D eigenvalue weighted by molar-refractivity contribution is -0.0514. The lowest BCUT2D eigenvalue weighted by Crippen LogP contribution is -2.09. The molecule has 0 aliphatic rings. The molecule has 6 heteroatoms. The van der Waals surface area contributed by atoms with Crippen LogP contribution in [-0.4, -0.2) is 18.3 Å². The molecule has 1 aromatic carbocycles. The molecule has 4 nitrogen and oxygen atoms in total. The van der Waals surface area contributed by atoms with E-state index in [0.717, 1.165) is 0 Å². The first-order chi connectivity index (χ1) is 8.99. The Morgan fingerprint density at radius 3 is 2.58 bits per heavy atom. The minimum atomic E-state index is -2.95. The van der Waals surface area contributed by atoms with Crippen molar-refractivity contribution in [1.82, 2.24) is 0 Å². The van der Waals surface area contributed by atoms with Crippen molar-refractivity contribution in [2.75, 3.05) is 6.61 Å². The van der Waals surface area contributed by atoms with E-state index in [9.17, 15) is 13.9 Å². The molecule has 0 amide bonds. The zero-order valence-electron chi connectivity index (χ0n) is 10.6. The van der Waals surface area contributed by atoms with E-state index in [-0.39, 0.29) is 18.1 Å². The molecule has 0 heterocycles. The number of aliphatic hydroxyl groups is 1. The van der Waals surface area contributed by atoms with Crippen LogP contribution in [0.5, 0.6) is 11.5 Å². The molecule has 0 spiro atoms. The van der Waals surface area contributed by atoms with E-state index in [4.69, 9.17) is 10.00 Å². The topological polar surface area (TPSA) is 62.5 Å². The van der Waals surface area contributed by atoms with Crippen molar-refractivity contribution in [2.45, 2.75) is 26.6 Å². The molecular weight excluding hydrogens is 256 g/mol. The fraction of sp³-hybridized carbons (Fsp3) is 0.462. The Morgan fingerprint density at radius 2 is 2.05 bits per heavy atom. The van der Waals surface area contributed by atoms with Crippen molar-refractivity contribution < 1.29 is 23.4 Å². The molecule has 1 N–H and O–H groups in total. The lowest BCUT2D eigenvalue weighted by atomic mass is 9.98. The Kier molecular flexibility index (Phi) is 5.52. The smallest absolute Gasteiger partial charge is 0.387 e. The summed E-state index contributed by atoms with van der Waals surface area (Å²) in [5.41, 5.74) is 0.416. The predicted molar refractivity (Wildman–Crippen MR) is 64.0 cm³/mol. The Bertz CT molecular complexity index is 460. The standard InChI is InChI=1S/C13H15F2NO3/c1-3-18-11-6-9(12(17)8(2)7-16)4-5-10(11)19-13(14)15/h4-6,8,12-13,17H,3H2,1-2H3. The number of alkyl halides is 2. The normalized spacial score (nSPS) is 13.7. The van der Waals surface area contributed by atoms with Crippen molar-refractivity contribution in [3.8, 4) is 17.6 Å². The maximum atomic E-state index is 12.2. The van der Waals surface area contributed by atoms with E-state index >= 15 is 0 Å². The number of hydrogen-bond donors (Lipinski definition) is 1. The molecule has 0 fully saturated rings. The number of ether oxygens (including phenoxy) is 2. The zero-order valence-corrected chi connectivity index (χ0v) is 10.6. The first-order valence-corrected chi connectivity index (χ1v) is 5.78. The van der Waals surface area contributed by atoms with Gasteiger partial charge in [0.15, 0.2) is 11.5 Å². The fourth-order valence-electron chi connectivity index (χ4n) is 1.53. The number of nitriles is 1. The second-order valence-electron chi connectivity index (χ2n) is 3.88. The molecule has 0 aliphatic carbocycles. The number of aliphatic hydroxyl groups excluding tert-OH is 1. The summed E-state index contributed by atoms with van der Waals surface area (Å²) in [6, 6.07) is 6.04. The summed E-state index contributed by atoms with van der Waals surface area (Å²) in [5, 5.41) is 18.6. The average Bonchev–Trinajstić information content (AvgIpc) is 2.38. The van der Waals surface area contributed by atoms with Gasteiger partial charge in [-0.3, -0.25) is 0 Å². The van der Waals surface area contributed by atoms with Gasteiger partial charge in [0.05, 0.1) is 24.7 Å². The minimum Gasteiger partial charge on any atom is -0.490 e. The van der Waals surface area contributed by atoms with Gasteiger partial charge >= 0.3 is 6.61 Å². The highest BCUT2D eigenvalue weighted by molar-refractivity contribution is 5.44. The molecule has 2 unspecified atom stereocenters. The molecule has 0 saturated heterocycles. The third-order valence-corrected chi connectivity index (χ3v) is 2.50. The van der Waals surface area contributed by atoms with E-state index in [0.29, 0.717) is 5.56 Å². The van der Waals surface area contributed by atoms with E-state index < -0.39 is 18.6 Å². The van der Waals surface area contributed by atoms with Crippen molar-refractivity contribution >= 4 is 0 Å². The quantitative estimate of drug-likeness (QED) is 0.864. The summed E-state index contributed by atoms with van der Waals surface area (Å²) < 4.78 is 33.9. The molecule has 19 heavy (non-hydrogen) atoms. The van der Waals surface area contributed by atoms with E-state index in [1.165, 1.54) is 18.2 Å². The van der Waals surface area contributed by atoms with Gasteiger partial charge in [-0.05, 0) is 31.5 Å². The van der Waals surface area contributed by atoms with Crippen molar-refractivity contribution in [2.24, 2.45) is 5.92 Å². The first-order valence-electron chi connectivity index (χ1n) is 5.78. The van der Waals surface area contributed by atoms with Crippen LogP contribution in [0.3, 0.4) is 0 Å². The second-order valence-corrected chi connectivity index (χ2v) is 3.88. The minimum absolute atomic E-state index is 0.0996. The number of nitrogens with zero attached hydrogens (tertiary/aromatic N) is 1. The third-order valence-electron chi connectivity index (χ3n) is 2.50. The van der Waals surface area contributed by atoms with Crippen molar-refractivity contribution in [3.05, 3.63) is 23.8 Å². The summed E-state index contributed by atoms with van der Waals surface area (Å²) >= 11 is 0. The van der Waals surface area contributed by atoms with Crippen LogP contribution in [0, 0.1) is 17.2 Å². The van der Waals surface area contributed by atoms with Gasteiger partial charge in [0.1, 0.15) is 0 Å². The van der Waals surface area contributed by atoms with Crippen LogP contribution in [0.25, 0.3) is 0 Å². The number of hydrogen-bond acceptors (Lipinski definition) is 4. The molecule has 1 rings (SSSR count). The largest absolute Gasteiger partial charge is 0.490 e. The van der Waals surface area contributed by atoms with Crippen molar-refractivity contribution in [1.29, 1.82) is 5.26 Å². The van der Waals surface area contributed by atoms with Crippen LogP contribution in [-0.2, 0) is 0 Å². The summed E-state index contributed by atoms with van der Waals surface area (Å²) in [6.07, 6.45) is -1.01. The number of halogens is 2. The molecule has 0 aromatic heterocycles. The second kappa shape index (κ2) is 6.90.